The first kappa shape index (κ1) is 18.4. The molecular weight excluding hydrogens is 348 g/mol. The minimum atomic E-state index is -0.0293. The number of nitrogens with zero attached hydrogens (tertiary/aromatic N) is 2. The molecule has 0 bridgehead atoms. The molecule has 2 aromatic carbocycles. The molecule has 1 amide bonds. The van der Waals surface area contributed by atoms with Crippen molar-refractivity contribution in [1.82, 2.24) is 20.4 Å². The average molecular weight is 374 g/mol. The predicted molar refractivity (Wildman–Crippen MR) is 112 cm³/mol. The number of hydrogen-bond acceptors (Lipinski definition) is 3. The Balaban J connectivity index is 1.45. The molecule has 4 rings (SSSR count). The Kier molecular flexibility index (Phi) is 5.26. The van der Waals surface area contributed by atoms with E-state index in [9.17, 15) is 4.79 Å². The number of nitrogens with one attached hydrogen (secondary N) is 2. The summed E-state index contributed by atoms with van der Waals surface area (Å²) in [5, 5.41) is 10.7. The fourth-order valence-electron chi connectivity index (χ4n) is 3.86. The van der Waals surface area contributed by atoms with Gasteiger partial charge in [0.25, 0.3) is 5.91 Å². The van der Waals surface area contributed by atoms with Crippen LogP contribution in [0.1, 0.15) is 35.3 Å². The van der Waals surface area contributed by atoms with Gasteiger partial charge in [0.15, 0.2) is 0 Å². The van der Waals surface area contributed by atoms with E-state index in [1.54, 1.807) is 0 Å². The van der Waals surface area contributed by atoms with Gasteiger partial charge in [-0.05, 0) is 30.8 Å². The molecule has 1 aliphatic carbocycles. The fraction of sp³-hybridized carbons (Fsp3) is 0.304. The highest BCUT2D eigenvalue weighted by molar-refractivity contribution is 5.94. The van der Waals surface area contributed by atoms with Crippen molar-refractivity contribution in [3.63, 3.8) is 0 Å². The zero-order valence-electron chi connectivity index (χ0n) is 16.5. The number of likely N-dealkylation sites (N-methyl/N-ethyl adjacent to an activating group) is 1. The van der Waals surface area contributed by atoms with Crippen LogP contribution >= 0.6 is 0 Å². The molecule has 5 nitrogen and oxygen atoms in total. The summed E-state index contributed by atoms with van der Waals surface area (Å²) in [5.74, 6) is -0.0293. The Morgan fingerprint density at radius 2 is 1.86 bits per heavy atom. The standard InChI is InChI=1S/C23H26N4O/c1-3-27(4-2)14-13-24-23(28)17-11-9-16(10-12-17)21-20-15-18-7-5-6-8-19(18)22(20)26-25-21/h5-12H,3-4,13-15H2,1-2H3,(H,24,28)(H,25,26). The van der Waals surface area contributed by atoms with Crippen molar-refractivity contribution in [3.05, 3.63) is 65.2 Å². The minimum Gasteiger partial charge on any atom is -0.351 e. The van der Waals surface area contributed by atoms with Crippen LogP contribution in [0.2, 0.25) is 0 Å². The van der Waals surface area contributed by atoms with Crippen LogP contribution in [0.5, 0.6) is 0 Å². The largest absolute Gasteiger partial charge is 0.351 e. The van der Waals surface area contributed by atoms with Gasteiger partial charge in [0.2, 0.25) is 0 Å². The van der Waals surface area contributed by atoms with Crippen molar-refractivity contribution in [2.75, 3.05) is 26.2 Å². The number of rotatable bonds is 7. The first-order valence-electron chi connectivity index (χ1n) is 9.97. The van der Waals surface area contributed by atoms with E-state index in [4.69, 9.17) is 0 Å². The summed E-state index contributed by atoms with van der Waals surface area (Å²) in [6, 6.07) is 16.2. The van der Waals surface area contributed by atoms with Crippen molar-refractivity contribution in [2.24, 2.45) is 0 Å². The SMILES string of the molecule is CCN(CC)CCNC(=O)c1ccc(-c2n[nH]c3c2Cc2ccccc2-3)cc1. The molecule has 0 radical (unpaired) electrons. The maximum absolute atomic E-state index is 12.4. The number of aromatic amines is 1. The Morgan fingerprint density at radius 3 is 2.61 bits per heavy atom. The van der Waals surface area contributed by atoms with Crippen LogP contribution in [0, 0.1) is 0 Å². The molecule has 0 atom stereocenters. The number of benzene rings is 2. The maximum Gasteiger partial charge on any atom is 0.251 e. The lowest BCUT2D eigenvalue weighted by molar-refractivity contribution is 0.0949. The average Bonchev–Trinajstić information content (AvgIpc) is 3.30. The lowest BCUT2D eigenvalue weighted by atomic mass is 10.0. The number of H-pyrrole nitrogens is 1. The number of amides is 1. The van der Waals surface area contributed by atoms with E-state index in [-0.39, 0.29) is 5.91 Å². The fourth-order valence-corrected chi connectivity index (χ4v) is 3.86. The van der Waals surface area contributed by atoms with E-state index >= 15 is 0 Å². The van der Waals surface area contributed by atoms with Gasteiger partial charge < -0.3 is 10.2 Å². The Morgan fingerprint density at radius 1 is 1.11 bits per heavy atom. The van der Waals surface area contributed by atoms with Crippen molar-refractivity contribution in [1.29, 1.82) is 0 Å². The first-order chi connectivity index (χ1) is 13.7. The van der Waals surface area contributed by atoms with Gasteiger partial charge in [-0.2, -0.15) is 5.10 Å². The summed E-state index contributed by atoms with van der Waals surface area (Å²) in [6.45, 7) is 7.80. The van der Waals surface area contributed by atoms with Gasteiger partial charge in [0, 0.05) is 41.8 Å². The van der Waals surface area contributed by atoms with Gasteiger partial charge in [-0.1, -0.05) is 50.2 Å². The normalized spacial score (nSPS) is 12.1. The second-order valence-electron chi connectivity index (χ2n) is 7.12. The molecule has 28 heavy (non-hydrogen) atoms. The van der Waals surface area contributed by atoms with Crippen molar-refractivity contribution in [2.45, 2.75) is 20.3 Å². The van der Waals surface area contributed by atoms with Crippen LogP contribution < -0.4 is 5.32 Å². The first-order valence-corrected chi connectivity index (χ1v) is 9.97. The molecule has 0 spiro atoms. The van der Waals surface area contributed by atoms with Gasteiger partial charge >= 0.3 is 0 Å². The predicted octanol–water partition coefficient (Wildman–Crippen LogP) is 3.72. The molecule has 1 aromatic heterocycles. The summed E-state index contributed by atoms with van der Waals surface area (Å²) < 4.78 is 0. The van der Waals surface area contributed by atoms with Gasteiger partial charge in [0.05, 0.1) is 11.4 Å². The highest BCUT2D eigenvalue weighted by Crippen LogP contribution is 2.39. The zero-order valence-corrected chi connectivity index (χ0v) is 16.5. The molecule has 3 aromatic rings. The van der Waals surface area contributed by atoms with Gasteiger partial charge in [-0.3, -0.25) is 9.89 Å². The van der Waals surface area contributed by atoms with E-state index in [0.717, 1.165) is 43.0 Å². The van der Waals surface area contributed by atoms with E-state index in [2.05, 4.69) is 58.5 Å². The third-order valence-corrected chi connectivity index (χ3v) is 5.55. The van der Waals surface area contributed by atoms with Gasteiger partial charge in [0.1, 0.15) is 0 Å². The quantitative estimate of drug-likeness (QED) is 0.518. The molecule has 1 aliphatic rings. The molecule has 0 aliphatic heterocycles. The molecule has 5 heteroatoms. The van der Waals surface area contributed by atoms with E-state index in [0.29, 0.717) is 12.1 Å². The summed E-state index contributed by atoms with van der Waals surface area (Å²) in [4.78, 5) is 14.7. The monoisotopic (exact) mass is 374 g/mol. The van der Waals surface area contributed by atoms with Crippen LogP contribution in [0.3, 0.4) is 0 Å². The smallest absolute Gasteiger partial charge is 0.251 e. The number of carbonyl (C=O) groups is 1. The lowest BCUT2D eigenvalue weighted by Crippen LogP contribution is -2.34. The molecular formula is C23H26N4O. The third-order valence-electron chi connectivity index (χ3n) is 5.55. The number of fused-ring (bicyclic) bond motifs is 3. The Bertz CT molecular complexity index is 971. The number of aromatic nitrogens is 2. The molecule has 0 unspecified atom stereocenters. The summed E-state index contributed by atoms with van der Waals surface area (Å²) >= 11 is 0. The maximum atomic E-state index is 12.4. The topological polar surface area (TPSA) is 61.0 Å². The summed E-state index contributed by atoms with van der Waals surface area (Å²) in [6.07, 6.45) is 0.894. The molecule has 1 heterocycles. The van der Waals surface area contributed by atoms with Crippen molar-refractivity contribution >= 4 is 5.91 Å². The van der Waals surface area contributed by atoms with E-state index in [1.807, 2.05) is 24.3 Å². The van der Waals surface area contributed by atoms with Crippen molar-refractivity contribution < 1.29 is 4.79 Å². The zero-order chi connectivity index (χ0) is 19.5. The highest BCUT2D eigenvalue weighted by atomic mass is 16.1. The molecule has 144 valence electrons. The number of hydrogen-bond donors (Lipinski definition) is 2. The molecule has 0 saturated heterocycles. The lowest BCUT2D eigenvalue weighted by Gasteiger charge is -2.17. The number of carbonyl (C=O) groups excluding carboxylic acids is 1. The van der Waals surface area contributed by atoms with Crippen LogP contribution in [0.25, 0.3) is 22.5 Å². The summed E-state index contributed by atoms with van der Waals surface area (Å²) in [5.41, 5.74) is 7.60. The van der Waals surface area contributed by atoms with Crippen LogP contribution in [-0.2, 0) is 6.42 Å². The minimum absolute atomic E-state index is 0.0293. The third kappa shape index (κ3) is 3.45. The van der Waals surface area contributed by atoms with Crippen LogP contribution in [-0.4, -0.2) is 47.2 Å². The van der Waals surface area contributed by atoms with E-state index in [1.165, 1.54) is 16.7 Å². The van der Waals surface area contributed by atoms with Crippen LogP contribution in [0.4, 0.5) is 0 Å². The van der Waals surface area contributed by atoms with Gasteiger partial charge in [-0.25, -0.2) is 0 Å². The Hall–Kier alpha value is -2.92. The summed E-state index contributed by atoms with van der Waals surface area (Å²) in [7, 11) is 0. The van der Waals surface area contributed by atoms with Crippen LogP contribution in [0.15, 0.2) is 48.5 Å². The second-order valence-corrected chi connectivity index (χ2v) is 7.12. The van der Waals surface area contributed by atoms with Gasteiger partial charge in [-0.15, -0.1) is 0 Å². The highest BCUT2D eigenvalue weighted by Gasteiger charge is 2.24. The second kappa shape index (κ2) is 7.98. The Labute approximate surface area is 165 Å². The van der Waals surface area contributed by atoms with Crippen molar-refractivity contribution in [3.8, 4) is 22.5 Å². The van der Waals surface area contributed by atoms with E-state index < -0.39 is 0 Å². The molecule has 0 saturated carbocycles. The molecule has 2 N–H and O–H groups in total. The molecule has 0 fully saturated rings.